The molecule has 0 aromatic heterocycles. The van der Waals surface area contributed by atoms with Crippen LogP contribution in [0.25, 0.3) is 11.6 Å². The molecular weight excluding hydrogens is 364 g/mol. The summed E-state index contributed by atoms with van der Waals surface area (Å²) in [4.78, 5) is 21.2. The molecule has 136 valence electrons. The largest absolute Gasteiger partial charge is 0.276 e. The van der Waals surface area contributed by atoms with Crippen LogP contribution in [0.3, 0.4) is 0 Å². The molecule has 10 heteroatoms. The van der Waals surface area contributed by atoms with E-state index in [2.05, 4.69) is 0 Å². The Balaban J connectivity index is 2.63. The fourth-order valence-corrected chi connectivity index (χ4v) is 2.58. The van der Waals surface area contributed by atoms with E-state index in [0.717, 1.165) is 6.26 Å². The van der Waals surface area contributed by atoms with Gasteiger partial charge >= 0.3 is 0 Å². The fourth-order valence-electron chi connectivity index (χ4n) is 2.24. The summed E-state index contributed by atoms with van der Waals surface area (Å²) < 4.78 is 27.4. The second kappa shape index (κ2) is 7.85. The average molecular weight is 378 g/mol. The van der Waals surface area contributed by atoms with E-state index in [0.29, 0.717) is 0 Å². The van der Waals surface area contributed by atoms with Crippen molar-refractivity contribution in [1.82, 2.24) is 0 Å². The zero-order valence-electron chi connectivity index (χ0n) is 13.6. The highest BCUT2D eigenvalue weighted by molar-refractivity contribution is 7.86. The second-order valence-electron chi connectivity index (χ2n) is 5.23. The van der Waals surface area contributed by atoms with Crippen molar-refractivity contribution in [3.8, 4) is 0 Å². The molecule has 0 spiro atoms. The predicted molar refractivity (Wildman–Crippen MR) is 94.9 cm³/mol. The Kier molecular flexibility index (Phi) is 5.80. The molecule has 0 heterocycles. The Morgan fingerprint density at radius 3 is 2.12 bits per heavy atom. The van der Waals surface area contributed by atoms with E-state index in [4.69, 9.17) is 4.18 Å². The quantitative estimate of drug-likeness (QED) is 0.313. The first kappa shape index (κ1) is 19.2. The van der Waals surface area contributed by atoms with Crippen LogP contribution < -0.4 is 0 Å². The number of rotatable bonds is 7. The zero-order chi connectivity index (χ0) is 19.3. The maximum atomic E-state index is 11.3. The molecule has 2 aromatic carbocycles. The third-order valence-corrected chi connectivity index (χ3v) is 3.88. The van der Waals surface area contributed by atoms with E-state index < -0.39 is 26.6 Å². The lowest BCUT2D eigenvalue weighted by Crippen LogP contribution is -2.07. The lowest BCUT2D eigenvalue weighted by Gasteiger charge is -2.09. The molecule has 2 aromatic rings. The van der Waals surface area contributed by atoms with Crippen molar-refractivity contribution < 1.29 is 22.4 Å². The number of para-hydroxylation sites is 2. The van der Waals surface area contributed by atoms with Crippen molar-refractivity contribution in [3.05, 3.63) is 79.9 Å². The number of nitrogens with zero attached hydrogens (tertiary/aromatic N) is 2. The van der Waals surface area contributed by atoms with Gasteiger partial charge in [-0.25, -0.2) is 0 Å². The Hall–Kier alpha value is -3.11. The highest BCUT2D eigenvalue weighted by Crippen LogP contribution is 2.30. The number of benzene rings is 2. The molecule has 26 heavy (non-hydrogen) atoms. The molecule has 0 unspecified atom stereocenters. The van der Waals surface area contributed by atoms with Crippen molar-refractivity contribution in [2.45, 2.75) is 0 Å². The molecule has 0 bridgehead atoms. The monoisotopic (exact) mass is 378 g/mol. The van der Waals surface area contributed by atoms with E-state index in [1.54, 1.807) is 6.07 Å². The van der Waals surface area contributed by atoms with Gasteiger partial charge < -0.3 is 0 Å². The maximum Gasteiger partial charge on any atom is 0.276 e. The molecule has 0 radical (unpaired) electrons. The van der Waals surface area contributed by atoms with E-state index in [-0.39, 0.29) is 28.1 Å². The van der Waals surface area contributed by atoms with Crippen molar-refractivity contribution in [1.29, 1.82) is 0 Å². The number of nitro benzene ring substituents is 2. The molecule has 0 N–H and O–H groups in total. The minimum atomic E-state index is -3.82. The molecule has 0 aliphatic carbocycles. The van der Waals surface area contributed by atoms with Gasteiger partial charge in [-0.15, -0.1) is 0 Å². The van der Waals surface area contributed by atoms with Crippen LogP contribution >= 0.6 is 0 Å². The topological polar surface area (TPSA) is 130 Å². The maximum absolute atomic E-state index is 11.3. The standard InChI is InChI=1S/C16H14N2O7S/c1-26(23,24)25-11-13(14-7-3-5-9-16(14)18(21)22)10-12-6-2-4-8-15(12)17(19)20/h2-10H,11H2,1H3/b13-10-. The van der Waals surface area contributed by atoms with E-state index in [1.165, 1.54) is 48.5 Å². The van der Waals surface area contributed by atoms with Gasteiger partial charge in [-0.05, 0) is 23.8 Å². The summed E-state index contributed by atoms with van der Waals surface area (Å²) in [6.07, 6.45) is 2.15. The normalized spacial score (nSPS) is 12.0. The third kappa shape index (κ3) is 4.94. The third-order valence-electron chi connectivity index (χ3n) is 3.34. The molecule has 9 nitrogen and oxygen atoms in total. The average Bonchev–Trinajstić information content (AvgIpc) is 2.58. The molecule has 0 aliphatic rings. The zero-order valence-corrected chi connectivity index (χ0v) is 14.4. The lowest BCUT2D eigenvalue weighted by atomic mass is 10.0. The van der Waals surface area contributed by atoms with Gasteiger partial charge in [-0.2, -0.15) is 8.42 Å². The molecule has 2 rings (SSSR count). The van der Waals surface area contributed by atoms with E-state index >= 15 is 0 Å². The second-order valence-corrected chi connectivity index (χ2v) is 6.87. The molecule has 0 fully saturated rings. The summed E-state index contributed by atoms with van der Waals surface area (Å²) >= 11 is 0. The van der Waals surface area contributed by atoms with Crippen LogP contribution in [0.1, 0.15) is 11.1 Å². The summed E-state index contributed by atoms with van der Waals surface area (Å²) in [5, 5.41) is 22.4. The first-order chi connectivity index (χ1) is 12.2. The Bertz CT molecular complexity index is 984. The van der Waals surface area contributed by atoms with Crippen molar-refractivity contribution in [2.75, 3.05) is 12.9 Å². The smallest absolute Gasteiger partial charge is 0.265 e. The van der Waals surface area contributed by atoms with Gasteiger partial charge in [-0.3, -0.25) is 24.4 Å². The first-order valence-corrected chi connectivity index (χ1v) is 9.03. The van der Waals surface area contributed by atoms with Gasteiger partial charge in [0.1, 0.15) is 0 Å². The summed E-state index contributed by atoms with van der Waals surface area (Å²) in [5.41, 5.74) is -0.0866. The van der Waals surface area contributed by atoms with Crippen LogP contribution in [-0.4, -0.2) is 31.1 Å². The van der Waals surface area contributed by atoms with Crippen LogP contribution in [0.5, 0.6) is 0 Å². The van der Waals surface area contributed by atoms with Crippen LogP contribution in [0, 0.1) is 20.2 Å². The number of hydrogen-bond acceptors (Lipinski definition) is 7. The summed E-state index contributed by atoms with van der Waals surface area (Å²) in [6.45, 7) is -0.504. The first-order valence-electron chi connectivity index (χ1n) is 7.21. The van der Waals surface area contributed by atoms with E-state index in [9.17, 15) is 28.6 Å². The minimum Gasteiger partial charge on any atom is -0.265 e. The lowest BCUT2D eigenvalue weighted by molar-refractivity contribution is -0.385. The summed E-state index contributed by atoms with van der Waals surface area (Å²) in [6, 6.07) is 11.4. The van der Waals surface area contributed by atoms with Crippen LogP contribution in [-0.2, 0) is 14.3 Å². The summed E-state index contributed by atoms with van der Waals surface area (Å²) in [7, 11) is -3.82. The van der Waals surface area contributed by atoms with Gasteiger partial charge in [-0.1, -0.05) is 24.3 Å². The van der Waals surface area contributed by atoms with Crippen LogP contribution in [0.4, 0.5) is 11.4 Å². The SMILES string of the molecule is CS(=O)(=O)OC/C(=C/c1ccccc1[N+](=O)[O-])c1ccccc1[N+](=O)[O-]. The van der Waals surface area contributed by atoms with E-state index in [1.807, 2.05) is 0 Å². The van der Waals surface area contributed by atoms with Crippen molar-refractivity contribution in [3.63, 3.8) is 0 Å². The Morgan fingerprint density at radius 2 is 1.54 bits per heavy atom. The Labute approximate surface area is 149 Å². The molecule has 0 atom stereocenters. The van der Waals surface area contributed by atoms with Crippen LogP contribution in [0.2, 0.25) is 0 Å². The molecule has 0 aliphatic heterocycles. The highest BCUT2D eigenvalue weighted by atomic mass is 32.2. The van der Waals surface area contributed by atoms with Gasteiger partial charge in [0.2, 0.25) is 0 Å². The predicted octanol–water partition coefficient (Wildman–Crippen LogP) is 3.02. The molecule has 0 saturated heterocycles. The highest BCUT2D eigenvalue weighted by Gasteiger charge is 2.20. The fraction of sp³-hybridized carbons (Fsp3) is 0.125. The van der Waals surface area contributed by atoms with Gasteiger partial charge in [0, 0.05) is 12.1 Å². The van der Waals surface area contributed by atoms with Gasteiger partial charge in [0.25, 0.3) is 21.5 Å². The number of nitro groups is 2. The van der Waals surface area contributed by atoms with Gasteiger partial charge in [0.15, 0.2) is 0 Å². The molecular formula is C16H14N2O7S. The Morgan fingerprint density at radius 1 is 1.00 bits per heavy atom. The molecule has 0 saturated carbocycles. The van der Waals surface area contributed by atoms with Crippen molar-refractivity contribution in [2.24, 2.45) is 0 Å². The van der Waals surface area contributed by atoms with Gasteiger partial charge in [0.05, 0.1) is 33.8 Å². The minimum absolute atomic E-state index is 0.110. The van der Waals surface area contributed by atoms with Crippen LogP contribution in [0.15, 0.2) is 48.5 Å². The summed E-state index contributed by atoms with van der Waals surface area (Å²) in [5.74, 6) is 0. The molecule has 0 amide bonds. The van der Waals surface area contributed by atoms with Crippen molar-refractivity contribution >= 4 is 33.1 Å². The number of hydrogen-bond donors (Lipinski definition) is 0.